The molecule has 0 bridgehead atoms. The summed E-state index contributed by atoms with van der Waals surface area (Å²) in [6.07, 6.45) is -4.00. The Hall–Kier alpha value is -1.59. The Morgan fingerprint density at radius 3 is 2.53 bits per heavy atom. The number of rotatable bonds is 4. The lowest BCUT2D eigenvalue weighted by molar-refractivity contribution is -0.140. The van der Waals surface area contributed by atoms with Crippen LogP contribution in [-0.2, 0) is 6.18 Å². The van der Waals surface area contributed by atoms with E-state index in [1.165, 1.54) is 0 Å². The minimum absolute atomic E-state index is 0.179. The van der Waals surface area contributed by atoms with Crippen LogP contribution in [-0.4, -0.2) is 12.5 Å². The first-order valence-corrected chi connectivity index (χ1v) is 5.91. The van der Waals surface area contributed by atoms with E-state index >= 15 is 0 Å². The van der Waals surface area contributed by atoms with E-state index in [0.29, 0.717) is 12.6 Å². The molecule has 0 fully saturated rings. The van der Waals surface area contributed by atoms with E-state index in [0.717, 1.165) is 18.6 Å². The van der Waals surface area contributed by atoms with Crippen molar-refractivity contribution in [3.8, 4) is 0 Å². The van der Waals surface area contributed by atoms with Crippen molar-refractivity contribution in [2.24, 2.45) is 5.92 Å². The number of hydrogen-bond acceptors (Lipinski definition) is 1. The lowest BCUT2D eigenvalue weighted by Crippen LogP contribution is -2.29. The van der Waals surface area contributed by atoms with E-state index in [9.17, 15) is 22.4 Å². The molecule has 1 aromatic rings. The average molecular weight is 277 g/mol. The van der Waals surface area contributed by atoms with Crippen LogP contribution in [0.4, 0.5) is 17.6 Å². The highest BCUT2D eigenvalue weighted by molar-refractivity contribution is 5.94. The fourth-order valence-electron chi connectivity index (χ4n) is 1.43. The minimum atomic E-state index is -4.81. The third-order valence-electron chi connectivity index (χ3n) is 2.86. The highest BCUT2D eigenvalue weighted by atomic mass is 19.4. The van der Waals surface area contributed by atoms with Gasteiger partial charge in [0.05, 0.1) is 11.1 Å². The van der Waals surface area contributed by atoms with Gasteiger partial charge in [0.1, 0.15) is 5.82 Å². The van der Waals surface area contributed by atoms with Gasteiger partial charge in [-0.1, -0.05) is 26.3 Å². The summed E-state index contributed by atoms with van der Waals surface area (Å²) >= 11 is 0. The van der Waals surface area contributed by atoms with Crippen molar-refractivity contribution in [1.82, 2.24) is 5.32 Å². The van der Waals surface area contributed by atoms with Gasteiger partial charge in [-0.25, -0.2) is 4.39 Å². The van der Waals surface area contributed by atoms with Gasteiger partial charge in [-0.15, -0.1) is 0 Å². The molecule has 0 aliphatic carbocycles. The van der Waals surface area contributed by atoms with E-state index in [1.807, 2.05) is 13.8 Å². The standard InChI is InChI=1S/C13H15F4NO/c1-3-8(2)7-18-12(19)9-5-4-6-10(11(9)14)13(15,16)17/h4-6,8H,3,7H2,1-2H3,(H,18,19). The van der Waals surface area contributed by atoms with Crippen molar-refractivity contribution < 1.29 is 22.4 Å². The molecule has 0 aliphatic heterocycles. The number of carbonyl (C=O) groups is 1. The topological polar surface area (TPSA) is 29.1 Å². The number of benzene rings is 1. The molecule has 2 nitrogen and oxygen atoms in total. The molecule has 1 aromatic carbocycles. The van der Waals surface area contributed by atoms with Crippen LogP contribution >= 0.6 is 0 Å². The zero-order chi connectivity index (χ0) is 14.6. The molecule has 0 saturated carbocycles. The number of carbonyl (C=O) groups excluding carboxylic acids is 1. The minimum Gasteiger partial charge on any atom is -0.352 e. The predicted octanol–water partition coefficient (Wildman–Crippen LogP) is 3.62. The fourth-order valence-corrected chi connectivity index (χ4v) is 1.43. The lowest BCUT2D eigenvalue weighted by atomic mass is 10.1. The first-order chi connectivity index (χ1) is 8.77. The molecule has 0 radical (unpaired) electrons. The molecule has 1 N–H and O–H groups in total. The molecule has 1 rings (SSSR count). The van der Waals surface area contributed by atoms with Gasteiger partial charge < -0.3 is 5.32 Å². The number of alkyl halides is 3. The second-order valence-corrected chi connectivity index (χ2v) is 4.39. The average Bonchev–Trinajstić information content (AvgIpc) is 2.34. The Balaban J connectivity index is 2.93. The summed E-state index contributed by atoms with van der Waals surface area (Å²) in [5, 5.41) is 2.42. The molecule has 6 heteroatoms. The van der Waals surface area contributed by atoms with Gasteiger partial charge in [0.15, 0.2) is 0 Å². The van der Waals surface area contributed by atoms with Crippen LogP contribution in [0.15, 0.2) is 18.2 Å². The number of hydrogen-bond donors (Lipinski definition) is 1. The summed E-state index contributed by atoms with van der Waals surface area (Å²) < 4.78 is 51.1. The van der Waals surface area contributed by atoms with E-state index in [2.05, 4.69) is 5.32 Å². The van der Waals surface area contributed by atoms with Crippen molar-refractivity contribution in [1.29, 1.82) is 0 Å². The van der Waals surface area contributed by atoms with Gasteiger partial charge in [-0.2, -0.15) is 13.2 Å². The van der Waals surface area contributed by atoms with Crippen LogP contribution in [0.5, 0.6) is 0 Å². The number of nitrogens with one attached hydrogen (secondary N) is 1. The molecule has 0 saturated heterocycles. The Bertz CT molecular complexity index is 456. The summed E-state index contributed by atoms with van der Waals surface area (Å²) in [7, 11) is 0. The summed E-state index contributed by atoms with van der Waals surface area (Å²) in [4.78, 5) is 11.6. The molecule has 1 atom stereocenters. The molecular weight excluding hydrogens is 262 g/mol. The predicted molar refractivity (Wildman–Crippen MR) is 63.2 cm³/mol. The van der Waals surface area contributed by atoms with Crippen LogP contribution in [0.1, 0.15) is 36.2 Å². The van der Waals surface area contributed by atoms with Gasteiger partial charge in [0.25, 0.3) is 5.91 Å². The van der Waals surface area contributed by atoms with E-state index in [1.54, 1.807) is 0 Å². The van der Waals surface area contributed by atoms with Crippen LogP contribution in [0, 0.1) is 11.7 Å². The quantitative estimate of drug-likeness (QED) is 0.837. The number of amides is 1. The van der Waals surface area contributed by atoms with E-state index in [-0.39, 0.29) is 5.92 Å². The van der Waals surface area contributed by atoms with Gasteiger partial charge >= 0.3 is 6.18 Å². The second kappa shape index (κ2) is 6.04. The largest absolute Gasteiger partial charge is 0.419 e. The molecule has 0 aliphatic rings. The van der Waals surface area contributed by atoms with Gasteiger partial charge in [0.2, 0.25) is 0 Å². The Morgan fingerprint density at radius 2 is 2.00 bits per heavy atom. The van der Waals surface area contributed by atoms with Crippen LogP contribution in [0.25, 0.3) is 0 Å². The van der Waals surface area contributed by atoms with Gasteiger partial charge in [0, 0.05) is 6.54 Å². The molecule has 106 valence electrons. The van der Waals surface area contributed by atoms with Crippen LogP contribution in [0.2, 0.25) is 0 Å². The molecule has 0 spiro atoms. The Morgan fingerprint density at radius 1 is 1.37 bits per heavy atom. The molecule has 19 heavy (non-hydrogen) atoms. The molecule has 0 heterocycles. The Labute approximate surface area is 108 Å². The van der Waals surface area contributed by atoms with Crippen molar-refractivity contribution in [3.05, 3.63) is 35.1 Å². The Kier molecular flexibility index (Phi) is 4.91. The summed E-state index contributed by atoms with van der Waals surface area (Å²) in [6.45, 7) is 4.09. The smallest absolute Gasteiger partial charge is 0.352 e. The highest BCUT2D eigenvalue weighted by Gasteiger charge is 2.35. The van der Waals surface area contributed by atoms with E-state index in [4.69, 9.17) is 0 Å². The second-order valence-electron chi connectivity index (χ2n) is 4.39. The molecule has 0 aromatic heterocycles. The first kappa shape index (κ1) is 15.5. The van der Waals surface area contributed by atoms with Crippen LogP contribution in [0.3, 0.4) is 0 Å². The first-order valence-electron chi connectivity index (χ1n) is 5.91. The third-order valence-corrected chi connectivity index (χ3v) is 2.86. The van der Waals surface area contributed by atoms with Gasteiger partial charge in [-0.05, 0) is 18.1 Å². The summed E-state index contributed by atoms with van der Waals surface area (Å²) in [6, 6.07) is 2.67. The SMILES string of the molecule is CCC(C)CNC(=O)c1cccc(C(F)(F)F)c1F. The monoisotopic (exact) mass is 277 g/mol. The van der Waals surface area contributed by atoms with Gasteiger partial charge in [-0.3, -0.25) is 4.79 Å². The summed E-state index contributed by atoms with van der Waals surface area (Å²) in [5.74, 6) is -2.18. The zero-order valence-electron chi connectivity index (χ0n) is 10.6. The molecule has 1 unspecified atom stereocenters. The normalized spacial score (nSPS) is 13.2. The molecule has 1 amide bonds. The highest BCUT2D eigenvalue weighted by Crippen LogP contribution is 2.32. The van der Waals surface area contributed by atoms with Crippen LogP contribution < -0.4 is 5.32 Å². The maximum Gasteiger partial charge on any atom is 0.419 e. The summed E-state index contributed by atoms with van der Waals surface area (Å²) in [5.41, 5.74) is -2.01. The van der Waals surface area contributed by atoms with E-state index < -0.39 is 29.0 Å². The lowest BCUT2D eigenvalue weighted by Gasteiger charge is -2.13. The van der Waals surface area contributed by atoms with Crippen molar-refractivity contribution in [2.45, 2.75) is 26.4 Å². The third kappa shape index (κ3) is 3.94. The molecular formula is C13H15F4NO. The van der Waals surface area contributed by atoms with Crippen molar-refractivity contribution in [2.75, 3.05) is 6.54 Å². The van der Waals surface area contributed by atoms with Crippen molar-refractivity contribution >= 4 is 5.91 Å². The van der Waals surface area contributed by atoms with Crippen molar-refractivity contribution in [3.63, 3.8) is 0 Å². The maximum absolute atomic E-state index is 13.6. The number of halogens is 4. The maximum atomic E-state index is 13.6. The zero-order valence-corrected chi connectivity index (χ0v) is 10.6. The fraction of sp³-hybridized carbons (Fsp3) is 0.462.